The molecule has 2 heterocycles. The maximum absolute atomic E-state index is 10.9. The minimum Gasteiger partial charge on any atom is -0.481 e. The van der Waals surface area contributed by atoms with E-state index < -0.39 is 11.9 Å². The van der Waals surface area contributed by atoms with Crippen LogP contribution in [0, 0.1) is 0 Å². The highest BCUT2D eigenvalue weighted by Gasteiger charge is 2.17. The zero-order valence-corrected chi connectivity index (χ0v) is 8.91. The first kappa shape index (κ1) is 10.4. The number of fused-ring (bicyclic) bond motifs is 1. The number of hydrogen-bond acceptors (Lipinski definition) is 4. The molecule has 6 nitrogen and oxygen atoms in total. The molecule has 0 saturated heterocycles. The van der Waals surface area contributed by atoms with Gasteiger partial charge < -0.3 is 9.84 Å². The lowest BCUT2D eigenvalue weighted by atomic mass is 10.1. The van der Waals surface area contributed by atoms with E-state index in [1.165, 1.54) is 13.4 Å². The number of carbonyl (C=O) groups is 1. The van der Waals surface area contributed by atoms with Gasteiger partial charge in [0.1, 0.15) is 11.8 Å². The average molecular weight is 221 g/mol. The van der Waals surface area contributed by atoms with Crippen molar-refractivity contribution in [2.75, 3.05) is 7.11 Å². The van der Waals surface area contributed by atoms with Crippen LogP contribution in [0.5, 0.6) is 5.88 Å². The first-order valence-electron chi connectivity index (χ1n) is 4.73. The third-order valence-electron chi connectivity index (χ3n) is 2.46. The van der Waals surface area contributed by atoms with Crippen LogP contribution in [0.2, 0.25) is 0 Å². The summed E-state index contributed by atoms with van der Waals surface area (Å²) in [5, 5.41) is 12.9. The van der Waals surface area contributed by atoms with Crippen molar-refractivity contribution in [3.8, 4) is 5.88 Å². The second-order valence-electron chi connectivity index (χ2n) is 3.43. The average Bonchev–Trinajstić information content (AvgIpc) is 2.70. The molecule has 2 rings (SSSR count). The minimum absolute atomic E-state index is 0.429. The van der Waals surface area contributed by atoms with Crippen molar-refractivity contribution in [1.82, 2.24) is 14.6 Å². The molecule has 2 aromatic rings. The van der Waals surface area contributed by atoms with Crippen LogP contribution < -0.4 is 4.74 Å². The first-order chi connectivity index (χ1) is 7.63. The van der Waals surface area contributed by atoms with Crippen LogP contribution in [0.4, 0.5) is 0 Å². The number of nitrogens with zero attached hydrogens (tertiary/aromatic N) is 3. The number of ether oxygens (including phenoxy) is 1. The normalized spacial score (nSPS) is 12.6. The van der Waals surface area contributed by atoms with Gasteiger partial charge in [-0.2, -0.15) is 10.1 Å². The van der Waals surface area contributed by atoms with E-state index in [4.69, 9.17) is 9.84 Å². The lowest BCUT2D eigenvalue weighted by Gasteiger charge is -2.00. The smallest absolute Gasteiger partial charge is 0.310 e. The number of carboxylic acids is 1. The second-order valence-corrected chi connectivity index (χ2v) is 3.43. The molecule has 0 fully saturated rings. The topological polar surface area (TPSA) is 76.7 Å². The van der Waals surface area contributed by atoms with Crippen LogP contribution in [-0.2, 0) is 4.79 Å². The molecule has 1 N–H and O–H groups in total. The predicted molar refractivity (Wildman–Crippen MR) is 55.6 cm³/mol. The first-order valence-corrected chi connectivity index (χ1v) is 4.73. The Kier molecular flexibility index (Phi) is 2.47. The van der Waals surface area contributed by atoms with Gasteiger partial charge in [-0.3, -0.25) is 4.79 Å². The molecule has 16 heavy (non-hydrogen) atoms. The molecule has 1 unspecified atom stereocenters. The Morgan fingerprint density at radius 3 is 3.00 bits per heavy atom. The molecule has 0 aromatic carbocycles. The van der Waals surface area contributed by atoms with E-state index in [2.05, 4.69) is 10.1 Å². The number of hydrogen-bond donors (Lipinski definition) is 1. The van der Waals surface area contributed by atoms with Gasteiger partial charge in [0.25, 0.3) is 0 Å². The van der Waals surface area contributed by atoms with Crippen molar-refractivity contribution in [1.29, 1.82) is 0 Å². The van der Waals surface area contributed by atoms with Gasteiger partial charge in [-0.15, -0.1) is 0 Å². The summed E-state index contributed by atoms with van der Waals surface area (Å²) in [4.78, 5) is 14.8. The van der Waals surface area contributed by atoms with Crippen LogP contribution in [0.1, 0.15) is 18.4 Å². The summed E-state index contributed by atoms with van der Waals surface area (Å²) in [6.45, 7) is 1.62. The SMILES string of the molecule is COc1ncnn2cc(C(C)C(=O)O)cc12. The van der Waals surface area contributed by atoms with E-state index in [1.807, 2.05) is 0 Å². The van der Waals surface area contributed by atoms with E-state index >= 15 is 0 Å². The zero-order chi connectivity index (χ0) is 11.7. The summed E-state index contributed by atoms with van der Waals surface area (Å²) in [7, 11) is 1.51. The van der Waals surface area contributed by atoms with Crippen molar-refractivity contribution in [3.05, 3.63) is 24.2 Å². The lowest BCUT2D eigenvalue weighted by molar-refractivity contribution is -0.138. The Morgan fingerprint density at radius 1 is 1.62 bits per heavy atom. The van der Waals surface area contributed by atoms with Crippen molar-refractivity contribution in [2.24, 2.45) is 0 Å². The van der Waals surface area contributed by atoms with Crippen LogP contribution in [0.25, 0.3) is 5.52 Å². The molecule has 0 spiro atoms. The van der Waals surface area contributed by atoms with Gasteiger partial charge in [0.2, 0.25) is 5.88 Å². The fourth-order valence-electron chi connectivity index (χ4n) is 1.46. The summed E-state index contributed by atoms with van der Waals surface area (Å²) >= 11 is 0. The standard InChI is InChI=1S/C10H11N3O3/c1-6(10(14)15)7-3-8-9(16-2)11-5-12-13(8)4-7/h3-6H,1-2H3,(H,14,15). The van der Waals surface area contributed by atoms with E-state index in [9.17, 15) is 4.79 Å². The quantitative estimate of drug-likeness (QED) is 0.834. The van der Waals surface area contributed by atoms with Gasteiger partial charge in [-0.25, -0.2) is 4.52 Å². The lowest BCUT2D eigenvalue weighted by Crippen LogP contribution is -2.06. The largest absolute Gasteiger partial charge is 0.481 e. The Balaban J connectivity index is 2.55. The van der Waals surface area contributed by atoms with E-state index in [0.29, 0.717) is 17.0 Å². The van der Waals surface area contributed by atoms with Gasteiger partial charge >= 0.3 is 5.97 Å². The molecule has 0 radical (unpaired) electrons. The van der Waals surface area contributed by atoms with Crippen molar-refractivity contribution in [3.63, 3.8) is 0 Å². The predicted octanol–water partition coefficient (Wildman–Crippen LogP) is 0.926. The second kappa shape index (κ2) is 3.80. The Hall–Kier alpha value is -2.11. The van der Waals surface area contributed by atoms with Crippen LogP contribution in [0.3, 0.4) is 0 Å². The molecule has 0 aliphatic carbocycles. The molecule has 6 heteroatoms. The molecular formula is C10H11N3O3. The molecule has 0 aliphatic heterocycles. The maximum atomic E-state index is 10.9. The van der Waals surface area contributed by atoms with E-state index in [0.717, 1.165) is 0 Å². The highest BCUT2D eigenvalue weighted by atomic mass is 16.5. The monoisotopic (exact) mass is 221 g/mol. The third kappa shape index (κ3) is 1.58. The summed E-state index contributed by atoms with van der Waals surface area (Å²) < 4.78 is 6.62. The van der Waals surface area contributed by atoms with E-state index in [-0.39, 0.29) is 0 Å². The number of aromatic nitrogens is 3. The number of rotatable bonds is 3. The zero-order valence-electron chi connectivity index (χ0n) is 8.91. The minimum atomic E-state index is -0.872. The molecule has 0 saturated carbocycles. The summed E-state index contributed by atoms with van der Waals surface area (Å²) in [5.41, 5.74) is 1.33. The molecule has 0 aliphatic rings. The van der Waals surface area contributed by atoms with Crippen LogP contribution >= 0.6 is 0 Å². The van der Waals surface area contributed by atoms with Crippen molar-refractivity contribution < 1.29 is 14.6 Å². The molecule has 1 atom stereocenters. The Morgan fingerprint density at radius 2 is 2.38 bits per heavy atom. The van der Waals surface area contributed by atoms with Gasteiger partial charge in [0.05, 0.1) is 13.0 Å². The molecule has 0 amide bonds. The van der Waals surface area contributed by atoms with Gasteiger partial charge in [0.15, 0.2) is 0 Å². The Bertz CT molecular complexity index is 535. The number of aliphatic carboxylic acids is 1. The Labute approximate surface area is 91.5 Å². The van der Waals surface area contributed by atoms with Crippen molar-refractivity contribution >= 4 is 11.5 Å². The van der Waals surface area contributed by atoms with Gasteiger partial charge in [0, 0.05) is 6.20 Å². The van der Waals surface area contributed by atoms with Gasteiger partial charge in [-0.05, 0) is 18.6 Å². The highest BCUT2D eigenvalue weighted by Crippen LogP contribution is 2.23. The molecule has 0 bridgehead atoms. The summed E-state index contributed by atoms with van der Waals surface area (Å²) in [6.07, 6.45) is 3.03. The van der Waals surface area contributed by atoms with Crippen LogP contribution in [-0.4, -0.2) is 32.8 Å². The summed E-state index contributed by atoms with van der Waals surface area (Å²) in [5.74, 6) is -1.02. The number of carboxylic acid groups (broad SMARTS) is 1. The van der Waals surface area contributed by atoms with Crippen LogP contribution in [0.15, 0.2) is 18.6 Å². The van der Waals surface area contributed by atoms with E-state index in [1.54, 1.807) is 23.7 Å². The molecular weight excluding hydrogens is 210 g/mol. The molecule has 2 aromatic heterocycles. The fraction of sp³-hybridized carbons (Fsp3) is 0.300. The summed E-state index contributed by atoms with van der Waals surface area (Å²) in [6, 6.07) is 1.72. The fourth-order valence-corrected chi connectivity index (χ4v) is 1.46. The maximum Gasteiger partial charge on any atom is 0.310 e. The molecule has 84 valence electrons. The van der Waals surface area contributed by atoms with Gasteiger partial charge in [-0.1, -0.05) is 0 Å². The third-order valence-corrected chi connectivity index (χ3v) is 2.46. The number of methoxy groups -OCH3 is 1. The van der Waals surface area contributed by atoms with Crippen molar-refractivity contribution in [2.45, 2.75) is 12.8 Å². The highest BCUT2D eigenvalue weighted by molar-refractivity contribution is 5.76.